The van der Waals surface area contributed by atoms with Gasteiger partial charge in [-0.05, 0) is 12.1 Å². The van der Waals surface area contributed by atoms with E-state index in [1.54, 1.807) is 30.5 Å². The highest BCUT2D eigenvalue weighted by Crippen LogP contribution is 2.17. The van der Waals surface area contributed by atoms with Crippen LogP contribution in [0.25, 0.3) is 11.3 Å². The second kappa shape index (κ2) is 3.88. The Kier molecular flexibility index (Phi) is 2.41. The number of nitrogens with zero attached hydrogens (tertiary/aromatic N) is 2. The number of aldehydes is 1. The molecule has 0 saturated carbocycles. The lowest BCUT2D eigenvalue weighted by molar-refractivity contribution is 0.112. The second-order valence-electron chi connectivity index (χ2n) is 3.04. The number of hydrogen-bond acceptors (Lipinski definition) is 4. The molecule has 1 aromatic carbocycles. The third kappa shape index (κ3) is 1.99. The largest absolute Gasteiger partial charge is 0.368 e. The molecule has 0 aliphatic heterocycles. The molecule has 1 heterocycles. The number of anilines is 1. The first kappa shape index (κ1) is 9.33. The summed E-state index contributed by atoms with van der Waals surface area (Å²) < 4.78 is 0. The Morgan fingerprint density at radius 3 is 2.87 bits per heavy atom. The molecule has 0 amide bonds. The molecule has 0 aliphatic carbocycles. The minimum Gasteiger partial charge on any atom is -0.368 e. The normalized spacial score (nSPS) is 9.87. The molecule has 15 heavy (non-hydrogen) atoms. The second-order valence-corrected chi connectivity index (χ2v) is 3.04. The molecule has 1 aromatic heterocycles. The van der Waals surface area contributed by atoms with Gasteiger partial charge >= 0.3 is 0 Å². The van der Waals surface area contributed by atoms with Crippen LogP contribution in [0.15, 0.2) is 36.5 Å². The number of rotatable bonds is 2. The first-order valence-corrected chi connectivity index (χ1v) is 4.44. The van der Waals surface area contributed by atoms with Crippen molar-refractivity contribution in [3.05, 3.63) is 42.1 Å². The maximum absolute atomic E-state index is 10.6. The summed E-state index contributed by atoms with van der Waals surface area (Å²) in [6, 6.07) is 8.92. The van der Waals surface area contributed by atoms with Gasteiger partial charge in [-0.2, -0.15) is 0 Å². The van der Waals surface area contributed by atoms with Crippen LogP contribution in [-0.2, 0) is 0 Å². The van der Waals surface area contributed by atoms with E-state index in [1.807, 2.05) is 6.07 Å². The molecule has 0 unspecified atom stereocenters. The molecule has 2 N–H and O–H groups in total. The Labute approximate surface area is 86.8 Å². The summed E-state index contributed by atoms with van der Waals surface area (Å²) in [5.74, 6) is 0.226. The zero-order valence-corrected chi connectivity index (χ0v) is 7.92. The van der Waals surface area contributed by atoms with Gasteiger partial charge in [0.15, 0.2) is 0 Å². The number of nitrogens with two attached hydrogens (primary N) is 1. The van der Waals surface area contributed by atoms with E-state index in [9.17, 15) is 4.79 Å². The molecular formula is C11H9N3O. The van der Waals surface area contributed by atoms with Crippen molar-refractivity contribution in [2.75, 3.05) is 5.73 Å². The summed E-state index contributed by atoms with van der Waals surface area (Å²) in [6.07, 6.45) is 2.39. The fraction of sp³-hybridized carbons (Fsp3) is 0. The summed E-state index contributed by atoms with van der Waals surface area (Å²) in [5.41, 5.74) is 7.66. The summed E-state index contributed by atoms with van der Waals surface area (Å²) in [6.45, 7) is 0. The van der Waals surface area contributed by atoms with E-state index in [4.69, 9.17) is 5.73 Å². The third-order valence-electron chi connectivity index (χ3n) is 1.99. The van der Waals surface area contributed by atoms with Crippen LogP contribution in [0.2, 0.25) is 0 Å². The van der Waals surface area contributed by atoms with E-state index in [-0.39, 0.29) is 5.95 Å². The molecule has 0 fully saturated rings. The Morgan fingerprint density at radius 2 is 2.13 bits per heavy atom. The van der Waals surface area contributed by atoms with Gasteiger partial charge in [-0.3, -0.25) is 4.79 Å². The zero-order chi connectivity index (χ0) is 10.7. The lowest BCUT2D eigenvalue weighted by atomic mass is 10.1. The zero-order valence-electron chi connectivity index (χ0n) is 7.92. The van der Waals surface area contributed by atoms with Gasteiger partial charge in [0, 0.05) is 17.3 Å². The van der Waals surface area contributed by atoms with Crippen LogP contribution in [-0.4, -0.2) is 16.3 Å². The standard InChI is InChI=1S/C11H9N3O/c12-11-13-5-4-10(14-11)9-3-1-2-8(6-9)7-15/h1-7H,(H2,12,13,14). The summed E-state index contributed by atoms with van der Waals surface area (Å²) >= 11 is 0. The van der Waals surface area contributed by atoms with Crippen molar-refractivity contribution in [2.45, 2.75) is 0 Å². The molecule has 0 aliphatic rings. The molecule has 0 spiro atoms. The fourth-order valence-electron chi connectivity index (χ4n) is 1.31. The molecule has 0 bridgehead atoms. The highest BCUT2D eigenvalue weighted by molar-refractivity contribution is 5.78. The summed E-state index contributed by atoms with van der Waals surface area (Å²) in [5, 5.41) is 0. The molecule has 0 radical (unpaired) electrons. The molecule has 0 atom stereocenters. The molecular weight excluding hydrogens is 190 g/mol. The Balaban J connectivity index is 2.49. The van der Waals surface area contributed by atoms with Gasteiger partial charge in [0.1, 0.15) is 6.29 Å². The van der Waals surface area contributed by atoms with Crippen molar-refractivity contribution < 1.29 is 4.79 Å². The molecule has 4 heteroatoms. The van der Waals surface area contributed by atoms with Crippen LogP contribution >= 0.6 is 0 Å². The smallest absolute Gasteiger partial charge is 0.220 e. The van der Waals surface area contributed by atoms with Gasteiger partial charge in [0.2, 0.25) is 5.95 Å². The van der Waals surface area contributed by atoms with E-state index in [0.29, 0.717) is 11.3 Å². The summed E-state index contributed by atoms with van der Waals surface area (Å²) in [7, 11) is 0. The van der Waals surface area contributed by atoms with E-state index in [1.165, 1.54) is 0 Å². The maximum atomic E-state index is 10.6. The summed E-state index contributed by atoms with van der Waals surface area (Å²) in [4.78, 5) is 18.5. The number of nitrogen functional groups attached to an aromatic ring is 1. The lowest BCUT2D eigenvalue weighted by Crippen LogP contribution is -1.95. The topological polar surface area (TPSA) is 68.9 Å². The minimum atomic E-state index is 0.226. The van der Waals surface area contributed by atoms with Crippen LogP contribution in [0.5, 0.6) is 0 Å². The molecule has 2 rings (SSSR count). The average molecular weight is 199 g/mol. The van der Waals surface area contributed by atoms with Crippen LogP contribution < -0.4 is 5.73 Å². The highest BCUT2D eigenvalue weighted by atomic mass is 16.1. The fourth-order valence-corrected chi connectivity index (χ4v) is 1.31. The van der Waals surface area contributed by atoms with Gasteiger partial charge in [-0.25, -0.2) is 9.97 Å². The predicted molar refractivity (Wildman–Crippen MR) is 57.3 cm³/mol. The van der Waals surface area contributed by atoms with Gasteiger partial charge in [-0.1, -0.05) is 18.2 Å². The number of aromatic nitrogens is 2. The Morgan fingerprint density at radius 1 is 1.27 bits per heavy atom. The third-order valence-corrected chi connectivity index (χ3v) is 1.99. The van der Waals surface area contributed by atoms with Gasteiger partial charge in [0.25, 0.3) is 0 Å². The molecule has 2 aromatic rings. The Bertz CT molecular complexity index is 497. The monoisotopic (exact) mass is 199 g/mol. The first-order valence-electron chi connectivity index (χ1n) is 4.44. The van der Waals surface area contributed by atoms with Crippen molar-refractivity contribution in [2.24, 2.45) is 0 Å². The number of carbonyl (C=O) groups is 1. The number of benzene rings is 1. The van der Waals surface area contributed by atoms with E-state index >= 15 is 0 Å². The average Bonchev–Trinajstić information content (AvgIpc) is 2.29. The van der Waals surface area contributed by atoms with Gasteiger partial charge < -0.3 is 5.73 Å². The maximum Gasteiger partial charge on any atom is 0.220 e. The van der Waals surface area contributed by atoms with Crippen molar-refractivity contribution in [1.82, 2.24) is 9.97 Å². The molecule has 74 valence electrons. The van der Waals surface area contributed by atoms with Crippen molar-refractivity contribution in [1.29, 1.82) is 0 Å². The molecule has 4 nitrogen and oxygen atoms in total. The highest BCUT2D eigenvalue weighted by Gasteiger charge is 2.00. The predicted octanol–water partition coefficient (Wildman–Crippen LogP) is 1.54. The van der Waals surface area contributed by atoms with E-state index in [2.05, 4.69) is 9.97 Å². The van der Waals surface area contributed by atoms with Crippen LogP contribution in [0, 0.1) is 0 Å². The Hall–Kier alpha value is -2.23. The van der Waals surface area contributed by atoms with Crippen LogP contribution in [0.3, 0.4) is 0 Å². The van der Waals surface area contributed by atoms with Gasteiger partial charge in [-0.15, -0.1) is 0 Å². The molecule has 0 saturated heterocycles. The first-order chi connectivity index (χ1) is 7.29. The van der Waals surface area contributed by atoms with Crippen molar-refractivity contribution in [3.63, 3.8) is 0 Å². The van der Waals surface area contributed by atoms with Gasteiger partial charge in [0.05, 0.1) is 5.69 Å². The SMILES string of the molecule is Nc1nccc(-c2cccc(C=O)c2)n1. The van der Waals surface area contributed by atoms with Crippen molar-refractivity contribution in [3.8, 4) is 11.3 Å². The van der Waals surface area contributed by atoms with Crippen molar-refractivity contribution >= 4 is 12.2 Å². The lowest BCUT2D eigenvalue weighted by Gasteiger charge is -2.01. The number of hydrogen-bond donors (Lipinski definition) is 1. The van der Waals surface area contributed by atoms with Crippen LogP contribution in [0.1, 0.15) is 10.4 Å². The van der Waals surface area contributed by atoms with Crippen LogP contribution in [0.4, 0.5) is 5.95 Å². The number of carbonyl (C=O) groups excluding carboxylic acids is 1. The minimum absolute atomic E-state index is 0.226. The van der Waals surface area contributed by atoms with E-state index in [0.717, 1.165) is 11.8 Å². The quantitative estimate of drug-likeness (QED) is 0.745. The van der Waals surface area contributed by atoms with E-state index < -0.39 is 0 Å².